The Hall–Kier alpha value is -2.15. The molecule has 0 atom stereocenters. The molecule has 94 valence electrons. The van der Waals surface area contributed by atoms with E-state index in [-0.39, 0.29) is 0 Å². The molecule has 0 aliphatic carbocycles. The van der Waals surface area contributed by atoms with Crippen LogP contribution in [0.5, 0.6) is 0 Å². The molecule has 0 radical (unpaired) electrons. The first-order valence-electron chi connectivity index (χ1n) is 6.72. The minimum Gasteiger partial charge on any atom is -0.261 e. The third-order valence-corrected chi connectivity index (χ3v) is 3.53. The molecule has 0 bridgehead atoms. The van der Waals surface area contributed by atoms with Crippen molar-refractivity contribution in [2.24, 2.45) is 0 Å². The molecular weight excluding hydrogens is 230 g/mol. The summed E-state index contributed by atoms with van der Waals surface area (Å²) in [6, 6.07) is 17.5. The smallest absolute Gasteiger partial charge is 0.0379 e. The van der Waals surface area contributed by atoms with E-state index < -0.39 is 0 Å². The van der Waals surface area contributed by atoms with Crippen molar-refractivity contribution in [1.29, 1.82) is 0 Å². The number of nitrogens with zero attached hydrogens (tertiary/aromatic N) is 1. The zero-order chi connectivity index (χ0) is 13.2. The van der Waals surface area contributed by atoms with Gasteiger partial charge in [0.1, 0.15) is 0 Å². The fraction of sp³-hybridized carbons (Fsp3) is 0.167. The number of rotatable bonds is 2. The largest absolute Gasteiger partial charge is 0.261 e. The van der Waals surface area contributed by atoms with E-state index in [9.17, 15) is 0 Å². The van der Waals surface area contributed by atoms with Gasteiger partial charge in [-0.2, -0.15) is 0 Å². The van der Waals surface area contributed by atoms with Gasteiger partial charge in [-0.1, -0.05) is 43.3 Å². The van der Waals surface area contributed by atoms with Crippen molar-refractivity contribution in [3.8, 4) is 11.1 Å². The number of aromatic nitrogens is 1. The Kier molecular flexibility index (Phi) is 3.04. The lowest BCUT2D eigenvalue weighted by Crippen LogP contribution is -1.85. The van der Waals surface area contributed by atoms with Crippen LogP contribution in [-0.4, -0.2) is 4.98 Å². The summed E-state index contributed by atoms with van der Waals surface area (Å²) in [7, 11) is 0. The van der Waals surface area contributed by atoms with Gasteiger partial charge in [-0.05, 0) is 47.6 Å². The number of hydrogen-bond donors (Lipinski definition) is 0. The molecule has 2 aromatic carbocycles. The maximum absolute atomic E-state index is 4.38. The summed E-state index contributed by atoms with van der Waals surface area (Å²) in [4.78, 5) is 4.38. The van der Waals surface area contributed by atoms with Crippen LogP contribution < -0.4 is 0 Å². The Balaban J connectivity index is 2.12. The van der Waals surface area contributed by atoms with Gasteiger partial charge in [-0.25, -0.2) is 0 Å². The maximum atomic E-state index is 4.38. The Labute approximate surface area is 113 Å². The molecule has 0 N–H and O–H groups in total. The van der Waals surface area contributed by atoms with E-state index in [4.69, 9.17) is 0 Å². The Morgan fingerprint density at radius 2 is 1.74 bits per heavy atom. The van der Waals surface area contributed by atoms with Crippen LogP contribution in [0.3, 0.4) is 0 Å². The van der Waals surface area contributed by atoms with Gasteiger partial charge < -0.3 is 0 Å². The molecule has 1 heterocycles. The van der Waals surface area contributed by atoms with Gasteiger partial charge in [-0.3, -0.25) is 4.98 Å². The van der Waals surface area contributed by atoms with Crippen LogP contribution in [-0.2, 0) is 6.42 Å². The fourth-order valence-corrected chi connectivity index (χ4v) is 2.40. The zero-order valence-electron chi connectivity index (χ0n) is 11.4. The lowest BCUT2D eigenvalue weighted by atomic mass is 10.00. The number of aryl methyl sites for hydroxylation is 2. The average molecular weight is 247 g/mol. The minimum absolute atomic E-state index is 1.06. The van der Waals surface area contributed by atoms with Crippen LogP contribution in [0.25, 0.3) is 21.9 Å². The molecule has 0 unspecified atom stereocenters. The van der Waals surface area contributed by atoms with E-state index in [1.807, 2.05) is 13.1 Å². The molecule has 1 nitrogen and oxygen atoms in total. The SMILES string of the molecule is CCc1cccc(-c2ccc3cc(C)ncc3c2)c1. The van der Waals surface area contributed by atoms with Crippen molar-refractivity contribution in [2.45, 2.75) is 20.3 Å². The molecule has 0 fully saturated rings. The van der Waals surface area contributed by atoms with Crippen molar-refractivity contribution in [3.63, 3.8) is 0 Å². The molecule has 3 aromatic rings. The maximum Gasteiger partial charge on any atom is 0.0379 e. The van der Waals surface area contributed by atoms with Crippen LogP contribution in [0.4, 0.5) is 0 Å². The monoisotopic (exact) mass is 247 g/mol. The quantitative estimate of drug-likeness (QED) is 0.635. The Bertz CT molecular complexity index is 729. The second kappa shape index (κ2) is 4.85. The summed E-state index contributed by atoms with van der Waals surface area (Å²) in [6.45, 7) is 4.21. The molecule has 0 amide bonds. The first kappa shape index (κ1) is 11.9. The normalized spacial score (nSPS) is 10.8. The highest BCUT2D eigenvalue weighted by atomic mass is 14.6. The topological polar surface area (TPSA) is 12.9 Å². The van der Waals surface area contributed by atoms with E-state index in [1.54, 1.807) is 0 Å². The van der Waals surface area contributed by atoms with Gasteiger partial charge in [-0.15, -0.1) is 0 Å². The van der Waals surface area contributed by atoms with E-state index >= 15 is 0 Å². The lowest BCUT2D eigenvalue weighted by molar-refractivity contribution is 1.14. The number of hydrogen-bond acceptors (Lipinski definition) is 1. The van der Waals surface area contributed by atoms with Crippen LogP contribution in [0.1, 0.15) is 18.2 Å². The molecule has 1 heteroatoms. The third kappa shape index (κ3) is 2.37. The van der Waals surface area contributed by atoms with Gasteiger partial charge in [0.05, 0.1) is 0 Å². The molecule has 0 aliphatic heterocycles. The standard InChI is InChI=1S/C18H17N/c1-3-14-5-4-6-15(10-14)17-8-7-16-9-13(2)19-12-18(16)11-17/h4-12H,3H2,1-2H3. The summed E-state index contributed by atoms with van der Waals surface area (Å²) >= 11 is 0. The van der Waals surface area contributed by atoms with Gasteiger partial charge in [0.15, 0.2) is 0 Å². The van der Waals surface area contributed by atoms with E-state index in [0.29, 0.717) is 0 Å². The van der Waals surface area contributed by atoms with Crippen LogP contribution in [0.2, 0.25) is 0 Å². The van der Waals surface area contributed by atoms with Gasteiger partial charge >= 0.3 is 0 Å². The summed E-state index contributed by atoms with van der Waals surface area (Å²) in [5, 5.41) is 2.45. The van der Waals surface area contributed by atoms with Gasteiger partial charge in [0, 0.05) is 17.3 Å². The van der Waals surface area contributed by atoms with Crippen molar-refractivity contribution >= 4 is 10.8 Å². The molecule has 0 saturated carbocycles. The number of benzene rings is 2. The minimum atomic E-state index is 1.06. The van der Waals surface area contributed by atoms with Crippen LogP contribution >= 0.6 is 0 Å². The van der Waals surface area contributed by atoms with Crippen molar-refractivity contribution < 1.29 is 0 Å². The summed E-state index contributed by atoms with van der Waals surface area (Å²) in [5.41, 5.74) is 4.98. The van der Waals surface area contributed by atoms with E-state index in [2.05, 4.69) is 60.4 Å². The van der Waals surface area contributed by atoms with E-state index in [0.717, 1.165) is 12.1 Å². The Morgan fingerprint density at radius 3 is 2.58 bits per heavy atom. The average Bonchev–Trinajstić information content (AvgIpc) is 2.46. The van der Waals surface area contributed by atoms with E-state index in [1.165, 1.54) is 27.5 Å². The summed E-state index contributed by atoms with van der Waals surface area (Å²) in [6.07, 6.45) is 3.03. The predicted molar refractivity (Wildman–Crippen MR) is 81.3 cm³/mol. The van der Waals surface area contributed by atoms with Crippen LogP contribution in [0, 0.1) is 6.92 Å². The number of fused-ring (bicyclic) bond motifs is 1. The molecule has 19 heavy (non-hydrogen) atoms. The molecular formula is C18H17N. The van der Waals surface area contributed by atoms with Gasteiger partial charge in [0.2, 0.25) is 0 Å². The molecule has 3 rings (SSSR count). The fourth-order valence-electron chi connectivity index (χ4n) is 2.40. The third-order valence-electron chi connectivity index (χ3n) is 3.53. The van der Waals surface area contributed by atoms with Gasteiger partial charge in [0.25, 0.3) is 0 Å². The molecule has 0 spiro atoms. The van der Waals surface area contributed by atoms with Crippen molar-refractivity contribution in [3.05, 3.63) is 66.0 Å². The van der Waals surface area contributed by atoms with Crippen molar-refractivity contribution in [2.75, 3.05) is 0 Å². The molecule has 0 saturated heterocycles. The van der Waals surface area contributed by atoms with Crippen LogP contribution in [0.15, 0.2) is 54.7 Å². The second-order valence-corrected chi connectivity index (χ2v) is 4.94. The zero-order valence-corrected chi connectivity index (χ0v) is 11.4. The van der Waals surface area contributed by atoms with Crippen molar-refractivity contribution in [1.82, 2.24) is 4.98 Å². The lowest BCUT2D eigenvalue weighted by Gasteiger charge is -2.06. The first-order valence-corrected chi connectivity index (χ1v) is 6.72. The molecule has 0 aliphatic rings. The first-order chi connectivity index (χ1) is 9.26. The highest BCUT2D eigenvalue weighted by Crippen LogP contribution is 2.25. The second-order valence-electron chi connectivity index (χ2n) is 4.94. The highest BCUT2D eigenvalue weighted by Gasteiger charge is 2.01. The summed E-state index contributed by atoms with van der Waals surface area (Å²) < 4.78 is 0. The summed E-state index contributed by atoms with van der Waals surface area (Å²) in [5.74, 6) is 0. The molecule has 1 aromatic heterocycles. The predicted octanol–water partition coefficient (Wildman–Crippen LogP) is 4.77. The highest BCUT2D eigenvalue weighted by molar-refractivity contribution is 5.87. The number of pyridine rings is 1. The Morgan fingerprint density at radius 1 is 0.895 bits per heavy atom.